The monoisotopic (exact) mass is 166 g/mol. The van der Waals surface area contributed by atoms with Crippen LogP contribution in [-0.4, -0.2) is 0 Å². The van der Waals surface area contributed by atoms with Gasteiger partial charge in [0.05, 0.1) is 0 Å². The molecule has 0 amide bonds. The Kier molecular flexibility index (Phi) is 1.79. The molecule has 70 valence electrons. The van der Waals surface area contributed by atoms with Gasteiger partial charge >= 0.3 is 0 Å². The van der Waals surface area contributed by atoms with E-state index in [4.69, 9.17) is 0 Å². The normalized spacial score (nSPS) is 33.8. The summed E-state index contributed by atoms with van der Waals surface area (Å²) in [4.78, 5) is 0. The Morgan fingerprint density at radius 3 is 1.92 bits per heavy atom. The van der Waals surface area contributed by atoms with Gasteiger partial charge in [-0.3, -0.25) is 0 Å². The van der Waals surface area contributed by atoms with Crippen molar-refractivity contribution in [3.05, 3.63) is 0 Å². The van der Waals surface area contributed by atoms with Gasteiger partial charge in [-0.05, 0) is 42.4 Å². The molecule has 2 fully saturated rings. The summed E-state index contributed by atoms with van der Waals surface area (Å²) >= 11 is 0. The van der Waals surface area contributed by atoms with Crippen molar-refractivity contribution in [3.63, 3.8) is 0 Å². The maximum atomic E-state index is 2.43. The molecule has 0 aromatic heterocycles. The maximum Gasteiger partial charge on any atom is -0.0264 e. The van der Waals surface area contributed by atoms with Gasteiger partial charge in [-0.25, -0.2) is 0 Å². The van der Waals surface area contributed by atoms with Crippen LogP contribution < -0.4 is 0 Å². The molecule has 0 aromatic carbocycles. The van der Waals surface area contributed by atoms with Gasteiger partial charge in [0, 0.05) is 0 Å². The molecule has 12 heavy (non-hydrogen) atoms. The van der Waals surface area contributed by atoms with Crippen LogP contribution in [0, 0.1) is 16.7 Å². The molecular weight excluding hydrogens is 144 g/mol. The van der Waals surface area contributed by atoms with Gasteiger partial charge in [0.1, 0.15) is 0 Å². The van der Waals surface area contributed by atoms with Crippen molar-refractivity contribution < 1.29 is 0 Å². The summed E-state index contributed by atoms with van der Waals surface area (Å²) in [5.41, 5.74) is 1.38. The van der Waals surface area contributed by atoms with Gasteiger partial charge in [0.25, 0.3) is 0 Å². The van der Waals surface area contributed by atoms with Gasteiger partial charge in [-0.1, -0.05) is 33.6 Å². The SMILES string of the molecule is CC(C)(C)C1CCCC12CCC2. The van der Waals surface area contributed by atoms with Gasteiger partial charge in [-0.15, -0.1) is 0 Å². The highest BCUT2D eigenvalue weighted by Crippen LogP contribution is 2.61. The van der Waals surface area contributed by atoms with E-state index in [0.717, 1.165) is 11.3 Å². The van der Waals surface area contributed by atoms with Crippen LogP contribution in [0.25, 0.3) is 0 Å². The Labute approximate surface area is 76.7 Å². The molecule has 0 heterocycles. The molecule has 2 saturated carbocycles. The summed E-state index contributed by atoms with van der Waals surface area (Å²) in [5.74, 6) is 1.03. The highest BCUT2D eigenvalue weighted by Gasteiger charge is 2.50. The van der Waals surface area contributed by atoms with E-state index in [2.05, 4.69) is 20.8 Å². The molecular formula is C12H22. The topological polar surface area (TPSA) is 0 Å². The third-order valence-electron chi connectivity index (χ3n) is 4.30. The molecule has 0 aliphatic heterocycles. The van der Waals surface area contributed by atoms with E-state index in [-0.39, 0.29) is 0 Å². The fraction of sp³-hybridized carbons (Fsp3) is 1.00. The summed E-state index contributed by atoms with van der Waals surface area (Å²) in [6.45, 7) is 7.30. The molecule has 2 aliphatic carbocycles. The highest BCUT2D eigenvalue weighted by molar-refractivity contribution is 5.01. The summed E-state index contributed by atoms with van der Waals surface area (Å²) in [5, 5.41) is 0. The second-order valence-electron chi connectivity index (χ2n) is 6.03. The molecule has 2 rings (SSSR count). The van der Waals surface area contributed by atoms with Crippen LogP contribution in [0.3, 0.4) is 0 Å². The average Bonchev–Trinajstić information content (AvgIpc) is 2.25. The Morgan fingerprint density at radius 2 is 1.58 bits per heavy atom. The van der Waals surface area contributed by atoms with E-state index < -0.39 is 0 Å². The zero-order valence-electron chi connectivity index (χ0n) is 8.82. The van der Waals surface area contributed by atoms with Crippen LogP contribution in [0.2, 0.25) is 0 Å². The summed E-state index contributed by atoms with van der Waals surface area (Å²) in [6.07, 6.45) is 9.12. The van der Waals surface area contributed by atoms with Gasteiger partial charge in [0.15, 0.2) is 0 Å². The molecule has 2 aliphatic rings. The van der Waals surface area contributed by atoms with Crippen LogP contribution in [0.15, 0.2) is 0 Å². The second kappa shape index (κ2) is 2.49. The van der Waals surface area contributed by atoms with Gasteiger partial charge in [0.2, 0.25) is 0 Å². The molecule has 0 nitrogen and oxygen atoms in total. The molecule has 0 aromatic rings. The standard InChI is InChI=1S/C12H22/c1-11(2,3)10-6-4-7-12(10)8-5-9-12/h10H,4-9H2,1-3H3. The lowest BCUT2D eigenvalue weighted by Gasteiger charge is -2.49. The number of hydrogen-bond donors (Lipinski definition) is 0. The van der Waals surface area contributed by atoms with Crippen LogP contribution in [0.4, 0.5) is 0 Å². The maximum absolute atomic E-state index is 2.43. The van der Waals surface area contributed by atoms with E-state index in [0.29, 0.717) is 5.41 Å². The molecule has 0 N–H and O–H groups in total. The molecule has 1 unspecified atom stereocenters. The van der Waals surface area contributed by atoms with Crippen LogP contribution in [0.1, 0.15) is 59.3 Å². The van der Waals surface area contributed by atoms with E-state index in [9.17, 15) is 0 Å². The van der Waals surface area contributed by atoms with Crippen molar-refractivity contribution in [1.29, 1.82) is 0 Å². The number of hydrogen-bond acceptors (Lipinski definition) is 0. The van der Waals surface area contributed by atoms with Crippen LogP contribution in [0.5, 0.6) is 0 Å². The Hall–Kier alpha value is 0. The molecule has 1 atom stereocenters. The van der Waals surface area contributed by atoms with Gasteiger partial charge < -0.3 is 0 Å². The second-order valence-corrected chi connectivity index (χ2v) is 6.03. The van der Waals surface area contributed by atoms with E-state index in [1.54, 1.807) is 0 Å². The van der Waals surface area contributed by atoms with E-state index in [1.165, 1.54) is 38.5 Å². The fourth-order valence-corrected chi connectivity index (χ4v) is 3.72. The zero-order valence-corrected chi connectivity index (χ0v) is 8.82. The minimum absolute atomic E-state index is 0.566. The summed E-state index contributed by atoms with van der Waals surface area (Å²) < 4.78 is 0. The lowest BCUT2D eigenvalue weighted by molar-refractivity contribution is 0.0128. The van der Waals surface area contributed by atoms with Crippen molar-refractivity contribution in [2.45, 2.75) is 59.3 Å². The quantitative estimate of drug-likeness (QED) is 0.510. The third kappa shape index (κ3) is 1.11. The first-order chi connectivity index (χ1) is 5.55. The first kappa shape index (κ1) is 8.59. The van der Waals surface area contributed by atoms with E-state index in [1.807, 2.05) is 0 Å². The average molecular weight is 166 g/mol. The molecule has 0 heteroatoms. The smallest absolute Gasteiger partial charge is 0.0264 e. The Bertz CT molecular complexity index is 169. The summed E-state index contributed by atoms with van der Waals surface area (Å²) in [6, 6.07) is 0. The first-order valence-electron chi connectivity index (χ1n) is 5.55. The predicted molar refractivity (Wildman–Crippen MR) is 53.1 cm³/mol. The van der Waals surface area contributed by atoms with Gasteiger partial charge in [-0.2, -0.15) is 0 Å². The van der Waals surface area contributed by atoms with Crippen molar-refractivity contribution in [3.8, 4) is 0 Å². The number of rotatable bonds is 0. The summed E-state index contributed by atoms with van der Waals surface area (Å²) in [7, 11) is 0. The van der Waals surface area contributed by atoms with Crippen LogP contribution >= 0.6 is 0 Å². The molecule has 0 saturated heterocycles. The minimum Gasteiger partial charge on any atom is -0.0599 e. The predicted octanol–water partition coefficient (Wildman–Crippen LogP) is 4.00. The van der Waals surface area contributed by atoms with Crippen LogP contribution in [-0.2, 0) is 0 Å². The largest absolute Gasteiger partial charge is 0.0599 e. The zero-order chi connectivity index (χ0) is 8.82. The van der Waals surface area contributed by atoms with Crippen molar-refractivity contribution in [2.75, 3.05) is 0 Å². The van der Waals surface area contributed by atoms with E-state index >= 15 is 0 Å². The highest BCUT2D eigenvalue weighted by atomic mass is 14.6. The fourth-order valence-electron chi connectivity index (χ4n) is 3.72. The van der Waals surface area contributed by atoms with Crippen molar-refractivity contribution in [1.82, 2.24) is 0 Å². The first-order valence-corrected chi connectivity index (χ1v) is 5.55. The molecule has 1 spiro atoms. The third-order valence-corrected chi connectivity index (χ3v) is 4.30. The Balaban J connectivity index is 2.14. The van der Waals surface area contributed by atoms with Crippen molar-refractivity contribution >= 4 is 0 Å². The minimum atomic E-state index is 0.566. The molecule has 0 radical (unpaired) electrons. The molecule has 0 bridgehead atoms. The lowest BCUT2D eigenvalue weighted by atomic mass is 9.56. The Morgan fingerprint density at radius 1 is 1.00 bits per heavy atom. The van der Waals surface area contributed by atoms with Crippen molar-refractivity contribution in [2.24, 2.45) is 16.7 Å². The lowest BCUT2D eigenvalue weighted by Crippen LogP contribution is -2.39.